The highest BCUT2D eigenvalue weighted by molar-refractivity contribution is 9.10. The molecular weight excluding hydrogens is 342 g/mol. The summed E-state index contributed by atoms with van der Waals surface area (Å²) in [6.45, 7) is 0.630. The lowest BCUT2D eigenvalue weighted by Crippen LogP contribution is -2.16. The SMILES string of the molecule is CNCc1cccc(NC(=O)c2c(F)cc(Br)cc2F)c1. The standard InChI is InChI=1S/C15H13BrF2N2O/c1-19-8-9-3-2-4-11(5-9)20-15(21)14-12(17)6-10(16)7-13(14)18/h2-7,19H,8H2,1H3,(H,20,21). The highest BCUT2D eigenvalue weighted by atomic mass is 79.9. The molecule has 0 aliphatic heterocycles. The lowest BCUT2D eigenvalue weighted by atomic mass is 10.1. The first-order valence-electron chi connectivity index (χ1n) is 6.20. The molecule has 0 radical (unpaired) electrons. The van der Waals surface area contributed by atoms with E-state index >= 15 is 0 Å². The summed E-state index contributed by atoms with van der Waals surface area (Å²) in [6, 6.07) is 9.14. The molecule has 0 heterocycles. The Morgan fingerprint density at radius 3 is 2.48 bits per heavy atom. The number of rotatable bonds is 4. The summed E-state index contributed by atoms with van der Waals surface area (Å²) in [4.78, 5) is 12.0. The van der Waals surface area contributed by atoms with E-state index in [9.17, 15) is 13.6 Å². The number of hydrogen-bond acceptors (Lipinski definition) is 2. The van der Waals surface area contributed by atoms with E-state index in [1.54, 1.807) is 25.2 Å². The molecule has 2 aromatic rings. The van der Waals surface area contributed by atoms with Gasteiger partial charge in [0.25, 0.3) is 5.91 Å². The minimum Gasteiger partial charge on any atom is -0.322 e. The Kier molecular flexibility index (Phi) is 5.03. The smallest absolute Gasteiger partial charge is 0.261 e. The monoisotopic (exact) mass is 354 g/mol. The largest absolute Gasteiger partial charge is 0.322 e. The Hall–Kier alpha value is -1.79. The van der Waals surface area contributed by atoms with Crippen LogP contribution in [-0.4, -0.2) is 13.0 Å². The number of halogens is 3. The molecule has 110 valence electrons. The summed E-state index contributed by atoms with van der Waals surface area (Å²) in [6.07, 6.45) is 0. The van der Waals surface area contributed by atoms with Crippen LogP contribution in [0.4, 0.5) is 14.5 Å². The lowest BCUT2D eigenvalue weighted by molar-refractivity contribution is 0.101. The highest BCUT2D eigenvalue weighted by Gasteiger charge is 2.18. The van der Waals surface area contributed by atoms with Gasteiger partial charge in [0, 0.05) is 16.7 Å². The van der Waals surface area contributed by atoms with Gasteiger partial charge in [-0.05, 0) is 36.9 Å². The Labute approximate surface area is 129 Å². The normalized spacial score (nSPS) is 10.5. The molecule has 0 aromatic heterocycles. The Balaban J connectivity index is 2.24. The third-order valence-electron chi connectivity index (χ3n) is 2.80. The van der Waals surface area contributed by atoms with Gasteiger partial charge in [0.15, 0.2) is 0 Å². The topological polar surface area (TPSA) is 41.1 Å². The molecule has 0 bridgehead atoms. The van der Waals surface area contributed by atoms with Crippen LogP contribution < -0.4 is 10.6 Å². The number of anilines is 1. The van der Waals surface area contributed by atoms with Crippen molar-refractivity contribution in [2.75, 3.05) is 12.4 Å². The van der Waals surface area contributed by atoms with Crippen LogP contribution in [-0.2, 0) is 6.54 Å². The zero-order chi connectivity index (χ0) is 15.4. The molecule has 2 N–H and O–H groups in total. The van der Waals surface area contributed by atoms with Gasteiger partial charge in [-0.15, -0.1) is 0 Å². The fourth-order valence-electron chi connectivity index (χ4n) is 1.92. The quantitative estimate of drug-likeness (QED) is 0.878. The van der Waals surface area contributed by atoms with Gasteiger partial charge < -0.3 is 10.6 Å². The Morgan fingerprint density at radius 2 is 1.86 bits per heavy atom. The van der Waals surface area contributed by atoms with Crippen LogP contribution in [0, 0.1) is 11.6 Å². The minimum absolute atomic E-state index is 0.241. The summed E-state index contributed by atoms with van der Waals surface area (Å²) in [7, 11) is 1.80. The summed E-state index contributed by atoms with van der Waals surface area (Å²) < 4.78 is 27.7. The first-order chi connectivity index (χ1) is 10.0. The van der Waals surface area contributed by atoms with E-state index in [-0.39, 0.29) is 4.47 Å². The van der Waals surface area contributed by atoms with Crippen molar-refractivity contribution in [2.24, 2.45) is 0 Å². The molecule has 6 heteroatoms. The van der Waals surface area contributed by atoms with Crippen LogP contribution in [0.1, 0.15) is 15.9 Å². The van der Waals surface area contributed by atoms with Gasteiger partial charge in [-0.2, -0.15) is 0 Å². The Morgan fingerprint density at radius 1 is 1.19 bits per heavy atom. The maximum absolute atomic E-state index is 13.7. The average Bonchev–Trinajstić information content (AvgIpc) is 2.38. The lowest BCUT2D eigenvalue weighted by Gasteiger charge is -2.09. The highest BCUT2D eigenvalue weighted by Crippen LogP contribution is 2.21. The zero-order valence-electron chi connectivity index (χ0n) is 11.2. The predicted octanol–water partition coefficient (Wildman–Crippen LogP) is 3.70. The van der Waals surface area contributed by atoms with E-state index in [1.807, 2.05) is 6.07 Å². The third kappa shape index (κ3) is 3.86. The van der Waals surface area contributed by atoms with Crippen LogP contribution in [0.3, 0.4) is 0 Å². The second-order valence-corrected chi connectivity index (χ2v) is 5.34. The molecule has 0 aliphatic carbocycles. The van der Waals surface area contributed by atoms with Crippen molar-refractivity contribution in [3.8, 4) is 0 Å². The van der Waals surface area contributed by atoms with Crippen LogP contribution in [0.5, 0.6) is 0 Å². The number of nitrogens with one attached hydrogen (secondary N) is 2. The molecule has 0 fully saturated rings. The Bertz CT molecular complexity index is 653. The minimum atomic E-state index is -0.911. The molecule has 0 saturated heterocycles. The molecule has 0 spiro atoms. The van der Waals surface area contributed by atoms with E-state index < -0.39 is 23.1 Å². The molecular formula is C15H13BrF2N2O. The number of amides is 1. The molecule has 0 unspecified atom stereocenters. The second-order valence-electron chi connectivity index (χ2n) is 4.43. The maximum Gasteiger partial charge on any atom is 0.261 e. The molecule has 2 rings (SSSR count). The van der Waals surface area contributed by atoms with E-state index in [0.29, 0.717) is 12.2 Å². The van der Waals surface area contributed by atoms with Gasteiger partial charge in [0.05, 0.1) is 0 Å². The maximum atomic E-state index is 13.7. The molecule has 0 atom stereocenters. The van der Waals surface area contributed by atoms with Crippen LogP contribution in [0.25, 0.3) is 0 Å². The van der Waals surface area contributed by atoms with Gasteiger partial charge in [0.1, 0.15) is 17.2 Å². The van der Waals surface area contributed by atoms with Crippen molar-refractivity contribution < 1.29 is 13.6 Å². The van der Waals surface area contributed by atoms with E-state index in [0.717, 1.165) is 17.7 Å². The summed E-state index contributed by atoms with van der Waals surface area (Å²) in [5.41, 5.74) is 0.832. The molecule has 3 nitrogen and oxygen atoms in total. The molecule has 21 heavy (non-hydrogen) atoms. The fraction of sp³-hybridized carbons (Fsp3) is 0.133. The van der Waals surface area contributed by atoms with Crippen LogP contribution in [0.2, 0.25) is 0 Å². The number of benzene rings is 2. The molecule has 1 amide bonds. The molecule has 0 saturated carbocycles. The number of carbonyl (C=O) groups is 1. The van der Waals surface area contributed by atoms with E-state index in [4.69, 9.17) is 0 Å². The fourth-order valence-corrected chi connectivity index (χ4v) is 2.32. The van der Waals surface area contributed by atoms with Gasteiger partial charge in [-0.3, -0.25) is 4.79 Å². The van der Waals surface area contributed by atoms with Crippen molar-refractivity contribution >= 4 is 27.5 Å². The van der Waals surface area contributed by atoms with Crippen molar-refractivity contribution in [1.29, 1.82) is 0 Å². The van der Waals surface area contributed by atoms with Crippen molar-refractivity contribution in [2.45, 2.75) is 6.54 Å². The summed E-state index contributed by atoms with van der Waals surface area (Å²) >= 11 is 2.97. The summed E-state index contributed by atoms with van der Waals surface area (Å²) in [5.74, 6) is -2.64. The average molecular weight is 355 g/mol. The number of hydrogen-bond donors (Lipinski definition) is 2. The van der Waals surface area contributed by atoms with E-state index in [2.05, 4.69) is 26.6 Å². The van der Waals surface area contributed by atoms with E-state index in [1.165, 1.54) is 0 Å². The predicted molar refractivity (Wildman–Crippen MR) is 81.2 cm³/mol. The van der Waals surface area contributed by atoms with Crippen LogP contribution >= 0.6 is 15.9 Å². The van der Waals surface area contributed by atoms with Crippen molar-refractivity contribution in [3.63, 3.8) is 0 Å². The molecule has 2 aromatic carbocycles. The van der Waals surface area contributed by atoms with Gasteiger partial charge in [-0.1, -0.05) is 28.1 Å². The zero-order valence-corrected chi connectivity index (χ0v) is 12.8. The van der Waals surface area contributed by atoms with Crippen molar-refractivity contribution in [3.05, 3.63) is 63.6 Å². The van der Waals surface area contributed by atoms with Gasteiger partial charge in [-0.25, -0.2) is 8.78 Å². The first-order valence-corrected chi connectivity index (χ1v) is 7.00. The van der Waals surface area contributed by atoms with Crippen LogP contribution in [0.15, 0.2) is 40.9 Å². The third-order valence-corrected chi connectivity index (χ3v) is 3.26. The number of carbonyl (C=O) groups excluding carboxylic acids is 1. The van der Waals surface area contributed by atoms with Gasteiger partial charge >= 0.3 is 0 Å². The molecule has 0 aliphatic rings. The second kappa shape index (κ2) is 6.78. The first kappa shape index (κ1) is 15.6. The van der Waals surface area contributed by atoms with Crippen molar-refractivity contribution in [1.82, 2.24) is 5.32 Å². The van der Waals surface area contributed by atoms with Gasteiger partial charge in [0.2, 0.25) is 0 Å². The summed E-state index contributed by atoms with van der Waals surface area (Å²) in [5, 5.41) is 5.48.